The van der Waals surface area contributed by atoms with E-state index in [9.17, 15) is 8.78 Å². The first-order chi connectivity index (χ1) is 9.51. The van der Waals surface area contributed by atoms with Gasteiger partial charge in [-0.2, -0.15) is 0 Å². The summed E-state index contributed by atoms with van der Waals surface area (Å²) in [6.45, 7) is 4.46. The van der Waals surface area contributed by atoms with Crippen molar-refractivity contribution in [1.29, 1.82) is 0 Å². The Morgan fingerprint density at radius 2 is 2.10 bits per heavy atom. The zero-order valence-electron chi connectivity index (χ0n) is 11.5. The lowest BCUT2D eigenvalue weighted by molar-refractivity contribution is 0.190. The Hall–Kier alpha value is -1.53. The van der Waals surface area contributed by atoms with Gasteiger partial charge in [-0.25, -0.2) is 13.8 Å². The molecular weight excluding hydrogens is 282 g/mol. The maximum Gasteiger partial charge on any atom is 0.183 e. The summed E-state index contributed by atoms with van der Waals surface area (Å²) in [6.07, 6.45) is 0. The summed E-state index contributed by atoms with van der Waals surface area (Å²) in [4.78, 5) is 5.38. The number of nitrogens with zero attached hydrogens (tertiary/aromatic N) is 1. The van der Waals surface area contributed by atoms with Crippen LogP contribution in [0.1, 0.15) is 11.8 Å². The van der Waals surface area contributed by atoms with Crippen molar-refractivity contribution in [1.82, 2.24) is 4.98 Å². The van der Waals surface area contributed by atoms with Crippen LogP contribution < -0.4 is 5.32 Å². The van der Waals surface area contributed by atoms with E-state index in [1.807, 2.05) is 13.8 Å². The molecule has 1 heterocycles. The first-order valence-electron chi connectivity index (χ1n) is 6.19. The number of methoxy groups -OCH3 is 1. The van der Waals surface area contributed by atoms with Crippen molar-refractivity contribution in [2.45, 2.75) is 19.9 Å². The number of nitrogens with one attached hydrogen (secondary N) is 1. The Labute approximate surface area is 120 Å². The van der Waals surface area contributed by atoms with E-state index in [2.05, 4.69) is 10.3 Å². The molecule has 0 bridgehead atoms. The van der Waals surface area contributed by atoms with E-state index >= 15 is 0 Å². The van der Waals surface area contributed by atoms with Crippen molar-refractivity contribution in [2.75, 3.05) is 19.0 Å². The van der Waals surface area contributed by atoms with Crippen LogP contribution in [0, 0.1) is 18.6 Å². The van der Waals surface area contributed by atoms with Crippen LogP contribution in [-0.4, -0.2) is 24.7 Å². The molecule has 0 aliphatic rings. The molecule has 1 aromatic carbocycles. The molecule has 0 unspecified atom stereocenters. The molecule has 1 aromatic heterocycles. The quantitative estimate of drug-likeness (QED) is 0.910. The standard InChI is InChI=1S/C14H16F2N2OS/c1-8(7-19-3)17-14-18-13(9(2)20-14)10-4-5-11(15)12(16)6-10/h4-6,8H,7H2,1-3H3,(H,17,18)/t8-/m1/s1. The molecule has 0 aliphatic carbocycles. The minimum atomic E-state index is -0.864. The molecule has 0 radical (unpaired) electrons. The summed E-state index contributed by atoms with van der Waals surface area (Å²) < 4.78 is 31.3. The molecule has 6 heteroatoms. The molecular formula is C14H16F2N2OS. The fraction of sp³-hybridized carbons (Fsp3) is 0.357. The summed E-state index contributed by atoms with van der Waals surface area (Å²) in [5, 5.41) is 3.96. The maximum atomic E-state index is 13.3. The van der Waals surface area contributed by atoms with Gasteiger partial charge in [-0.3, -0.25) is 0 Å². The Balaban J connectivity index is 2.24. The molecule has 0 fully saturated rings. The number of anilines is 1. The largest absolute Gasteiger partial charge is 0.383 e. The number of hydrogen-bond acceptors (Lipinski definition) is 4. The van der Waals surface area contributed by atoms with Crippen LogP contribution in [-0.2, 0) is 4.74 Å². The molecule has 0 saturated heterocycles. The molecule has 108 valence electrons. The van der Waals surface area contributed by atoms with Gasteiger partial charge in [-0.15, -0.1) is 11.3 Å². The molecule has 20 heavy (non-hydrogen) atoms. The molecule has 2 aromatic rings. The van der Waals surface area contributed by atoms with Gasteiger partial charge >= 0.3 is 0 Å². The second kappa shape index (κ2) is 6.28. The van der Waals surface area contributed by atoms with E-state index in [1.165, 1.54) is 23.5 Å². The lowest BCUT2D eigenvalue weighted by Crippen LogP contribution is -2.20. The van der Waals surface area contributed by atoms with Crippen LogP contribution in [0.3, 0.4) is 0 Å². The highest BCUT2D eigenvalue weighted by Gasteiger charge is 2.13. The normalized spacial score (nSPS) is 12.4. The molecule has 0 aliphatic heterocycles. The average Bonchev–Trinajstić information content (AvgIpc) is 2.74. The van der Waals surface area contributed by atoms with Crippen molar-refractivity contribution >= 4 is 16.5 Å². The van der Waals surface area contributed by atoms with Gasteiger partial charge in [0.15, 0.2) is 16.8 Å². The van der Waals surface area contributed by atoms with Gasteiger partial charge in [0.2, 0.25) is 0 Å². The Kier molecular flexibility index (Phi) is 4.67. The summed E-state index contributed by atoms with van der Waals surface area (Å²) in [6, 6.07) is 3.94. The monoisotopic (exact) mass is 298 g/mol. The second-order valence-corrected chi connectivity index (χ2v) is 5.76. The number of aryl methyl sites for hydroxylation is 1. The van der Waals surface area contributed by atoms with Crippen molar-refractivity contribution in [2.24, 2.45) is 0 Å². The zero-order valence-corrected chi connectivity index (χ0v) is 12.4. The number of hydrogen-bond donors (Lipinski definition) is 1. The number of benzene rings is 1. The van der Waals surface area contributed by atoms with Gasteiger partial charge in [0.25, 0.3) is 0 Å². The molecule has 2 rings (SSSR count). The van der Waals surface area contributed by atoms with Gasteiger partial charge in [0.1, 0.15) is 0 Å². The molecule has 0 saturated carbocycles. The smallest absolute Gasteiger partial charge is 0.183 e. The third-order valence-electron chi connectivity index (χ3n) is 2.78. The molecule has 3 nitrogen and oxygen atoms in total. The highest BCUT2D eigenvalue weighted by Crippen LogP contribution is 2.31. The van der Waals surface area contributed by atoms with Crippen LogP contribution in [0.4, 0.5) is 13.9 Å². The van der Waals surface area contributed by atoms with E-state index in [0.717, 1.165) is 16.1 Å². The first kappa shape index (κ1) is 14.9. The minimum Gasteiger partial charge on any atom is -0.383 e. The van der Waals surface area contributed by atoms with E-state index < -0.39 is 11.6 Å². The van der Waals surface area contributed by atoms with Gasteiger partial charge in [0, 0.05) is 23.6 Å². The van der Waals surface area contributed by atoms with Gasteiger partial charge < -0.3 is 10.1 Å². The van der Waals surface area contributed by atoms with Crippen LogP contribution >= 0.6 is 11.3 Å². The summed E-state index contributed by atoms with van der Waals surface area (Å²) in [7, 11) is 1.64. The van der Waals surface area contributed by atoms with Crippen molar-refractivity contribution in [3.63, 3.8) is 0 Å². The van der Waals surface area contributed by atoms with E-state index in [-0.39, 0.29) is 6.04 Å². The predicted molar refractivity (Wildman–Crippen MR) is 77.2 cm³/mol. The van der Waals surface area contributed by atoms with Crippen LogP contribution in [0.2, 0.25) is 0 Å². The number of rotatable bonds is 5. The average molecular weight is 298 g/mol. The third-order valence-corrected chi connectivity index (χ3v) is 3.68. The lowest BCUT2D eigenvalue weighted by atomic mass is 10.1. The molecule has 1 atom stereocenters. The van der Waals surface area contributed by atoms with Gasteiger partial charge in [-0.1, -0.05) is 0 Å². The lowest BCUT2D eigenvalue weighted by Gasteiger charge is -2.10. The number of aromatic nitrogens is 1. The molecule has 0 amide bonds. The highest BCUT2D eigenvalue weighted by atomic mass is 32.1. The topological polar surface area (TPSA) is 34.1 Å². The first-order valence-corrected chi connectivity index (χ1v) is 7.01. The van der Waals surface area contributed by atoms with E-state index in [4.69, 9.17) is 4.74 Å². The van der Waals surface area contributed by atoms with Crippen molar-refractivity contribution in [3.8, 4) is 11.3 Å². The fourth-order valence-corrected chi connectivity index (χ4v) is 2.82. The number of ether oxygens (including phenoxy) is 1. The zero-order chi connectivity index (χ0) is 14.7. The van der Waals surface area contributed by atoms with Gasteiger partial charge in [0.05, 0.1) is 12.3 Å². The number of thiazole rings is 1. The third kappa shape index (κ3) is 3.32. The fourth-order valence-electron chi connectivity index (χ4n) is 1.87. The second-order valence-electron chi connectivity index (χ2n) is 4.55. The van der Waals surface area contributed by atoms with Crippen molar-refractivity contribution in [3.05, 3.63) is 34.7 Å². The summed E-state index contributed by atoms with van der Waals surface area (Å²) >= 11 is 1.48. The van der Waals surface area contributed by atoms with Gasteiger partial charge in [-0.05, 0) is 32.0 Å². The van der Waals surface area contributed by atoms with Crippen LogP contribution in [0.5, 0.6) is 0 Å². The Morgan fingerprint density at radius 3 is 2.75 bits per heavy atom. The van der Waals surface area contributed by atoms with E-state index in [1.54, 1.807) is 7.11 Å². The Bertz CT molecular complexity index is 601. The maximum absolute atomic E-state index is 13.3. The highest BCUT2D eigenvalue weighted by molar-refractivity contribution is 7.16. The van der Waals surface area contributed by atoms with Crippen molar-refractivity contribution < 1.29 is 13.5 Å². The summed E-state index contributed by atoms with van der Waals surface area (Å²) in [5.74, 6) is -1.72. The molecule has 0 spiro atoms. The molecule has 1 N–H and O–H groups in total. The predicted octanol–water partition coefficient (Wildman–Crippen LogP) is 3.84. The Morgan fingerprint density at radius 1 is 1.35 bits per heavy atom. The number of halogens is 2. The minimum absolute atomic E-state index is 0.128. The summed E-state index contributed by atoms with van der Waals surface area (Å²) in [5.41, 5.74) is 1.24. The van der Waals surface area contributed by atoms with Crippen LogP contribution in [0.25, 0.3) is 11.3 Å². The van der Waals surface area contributed by atoms with Crippen LogP contribution in [0.15, 0.2) is 18.2 Å². The SMILES string of the molecule is COC[C@@H](C)Nc1nc(-c2ccc(F)c(F)c2)c(C)s1. The van der Waals surface area contributed by atoms with E-state index in [0.29, 0.717) is 17.9 Å².